The molecule has 0 N–H and O–H groups in total. The van der Waals surface area contributed by atoms with Gasteiger partial charge in [0.2, 0.25) is 16.1 Å². The molecule has 1 atom stereocenters. The van der Waals surface area contributed by atoms with Crippen molar-refractivity contribution in [3.05, 3.63) is 0 Å². The van der Waals surface area contributed by atoms with Crippen molar-refractivity contribution in [1.82, 2.24) is 4.31 Å². The van der Waals surface area contributed by atoms with Crippen molar-refractivity contribution >= 4 is 25.9 Å². The van der Waals surface area contributed by atoms with Crippen molar-refractivity contribution in [3.63, 3.8) is 0 Å². The smallest absolute Gasteiger partial charge is 0.229 e. The number of aliphatic imine (C=N–C) groups is 1. The summed E-state index contributed by atoms with van der Waals surface area (Å²) in [7, 11) is -6.74. The van der Waals surface area contributed by atoms with Crippen LogP contribution in [0.5, 0.6) is 0 Å². The standard InChI is InChI=1S/C12H20N2O5S2/c15-10-13-12-4-2-1-3-7-14(12)21(18,19)11-5-8-20(16,17)9-6-11/h11-12H,1-9H2. The molecular formula is C12H20N2O5S2. The van der Waals surface area contributed by atoms with E-state index in [0.717, 1.165) is 19.3 Å². The summed E-state index contributed by atoms with van der Waals surface area (Å²) in [4.78, 5) is 14.2. The molecule has 21 heavy (non-hydrogen) atoms. The van der Waals surface area contributed by atoms with Crippen LogP contribution in [0.1, 0.15) is 38.5 Å². The van der Waals surface area contributed by atoms with Crippen LogP contribution in [-0.2, 0) is 24.7 Å². The SMILES string of the molecule is O=C=NC1CCCCCN1S(=O)(=O)C1CCS(=O)(=O)CC1. The lowest BCUT2D eigenvalue weighted by molar-refractivity contribution is 0.324. The van der Waals surface area contributed by atoms with Gasteiger partial charge < -0.3 is 0 Å². The van der Waals surface area contributed by atoms with Gasteiger partial charge in [-0.05, 0) is 32.1 Å². The third kappa shape index (κ3) is 3.91. The van der Waals surface area contributed by atoms with Crippen molar-refractivity contribution in [2.24, 2.45) is 4.99 Å². The van der Waals surface area contributed by atoms with Gasteiger partial charge in [-0.2, -0.15) is 9.30 Å². The molecule has 9 heteroatoms. The molecule has 2 aliphatic heterocycles. The average molecular weight is 336 g/mol. The molecule has 2 saturated heterocycles. The van der Waals surface area contributed by atoms with Gasteiger partial charge in [-0.15, -0.1) is 0 Å². The predicted octanol–water partition coefficient (Wildman–Crippen LogP) is 0.431. The Labute approximate surface area is 125 Å². The topological polar surface area (TPSA) is 101 Å². The van der Waals surface area contributed by atoms with E-state index in [2.05, 4.69) is 4.99 Å². The highest BCUT2D eigenvalue weighted by molar-refractivity contribution is 7.92. The normalized spacial score (nSPS) is 28.5. The summed E-state index contributed by atoms with van der Waals surface area (Å²) >= 11 is 0. The van der Waals surface area contributed by atoms with Crippen molar-refractivity contribution in [2.45, 2.75) is 49.9 Å². The lowest BCUT2D eigenvalue weighted by Crippen LogP contribution is -2.46. The maximum absolute atomic E-state index is 12.7. The Morgan fingerprint density at radius 1 is 1.05 bits per heavy atom. The van der Waals surface area contributed by atoms with E-state index < -0.39 is 31.3 Å². The van der Waals surface area contributed by atoms with Gasteiger partial charge in [0.25, 0.3) is 0 Å². The molecule has 0 aromatic carbocycles. The van der Waals surface area contributed by atoms with Gasteiger partial charge in [0.15, 0.2) is 0 Å². The lowest BCUT2D eigenvalue weighted by atomic mass is 10.2. The van der Waals surface area contributed by atoms with E-state index in [-0.39, 0.29) is 24.3 Å². The van der Waals surface area contributed by atoms with Crippen LogP contribution < -0.4 is 0 Å². The zero-order valence-corrected chi connectivity index (χ0v) is 13.4. The average Bonchev–Trinajstić information content (AvgIpc) is 2.64. The molecule has 0 saturated carbocycles. The molecule has 2 fully saturated rings. The van der Waals surface area contributed by atoms with E-state index in [1.807, 2.05) is 0 Å². The Balaban J connectivity index is 2.21. The highest BCUT2D eigenvalue weighted by atomic mass is 32.2. The van der Waals surface area contributed by atoms with Crippen LogP contribution >= 0.6 is 0 Å². The molecule has 0 radical (unpaired) electrons. The van der Waals surface area contributed by atoms with Crippen LogP contribution in [-0.4, -0.2) is 56.7 Å². The maximum atomic E-state index is 12.7. The van der Waals surface area contributed by atoms with Crippen LogP contribution in [0.15, 0.2) is 4.99 Å². The molecule has 2 heterocycles. The first-order valence-electron chi connectivity index (χ1n) is 7.15. The molecule has 7 nitrogen and oxygen atoms in total. The Kier molecular flexibility index (Phi) is 5.19. The Morgan fingerprint density at radius 3 is 2.33 bits per heavy atom. The highest BCUT2D eigenvalue weighted by Gasteiger charge is 2.40. The van der Waals surface area contributed by atoms with E-state index in [1.165, 1.54) is 10.4 Å². The number of carbonyl (C=O) groups excluding carboxylic acids is 1. The number of isocyanates is 1. The number of hydrogen-bond acceptors (Lipinski definition) is 6. The molecule has 0 aromatic heterocycles. The summed E-state index contributed by atoms with van der Waals surface area (Å²) in [5.41, 5.74) is 0. The second kappa shape index (κ2) is 6.56. The van der Waals surface area contributed by atoms with Crippen LogP contribution in [0.4, 0.5) is 0 Å². The molecule has 0 spiro atoms. The van der Waals surface area contributed by atoms with Gasteiger partial charge >= 0.3 is 0 Å². The first kappa shape index (κ1) is 16.6. The first-order chi connectivity index (χ1) is 9.87. The molecule has 0 aromatic rings. The first-order valence-corrected chi connectivity index (χ1v) is 10.5. The van der Waals surface area contributed by atoms with Crippen LogP contribution in [0.2, 0.25) is 0 Å². The minimum atomic E-state index is -3.63. The lowest BCUT2D eigenvalue weighted by Gasteiger charge is -2.31. The van der Waals surface area contributed by atoms with Gasteiger partial charge in [0.05, 0.1) is 16.8 Å². The van der Waals surface area contributed by atoms with E-state index in [9.17, 15) is 21.6 Å². The number of sulfonamides is 1. The number of rotatable bonds is 3. The molecule has 1 unspecified atom stereocenters. The Bertz CT molecular complexity index is 608. The number of nitrogens with zero attached hydrogens (tertiary/aromatic N) is 2. The summed E-state index contributed by atoms with van der Waals surface area (Å²) in [5, 5.41) is -0.691. The van der Waals surface area contributed by atoms with Crippen molar-refractivity contribution in [3.8, 4) is 0 Å². The maximum Gasteiger partial charge on any atom is 0.236 e. The highest BCUT2D eigenvalue weighted by Crippen LogP contribution is 2.28. The zero-order valence-electron chi connectivity index (χ0n) is 11.8. The van der Waals surface area contributed by atoms with Crippen LogP contribution in [0.25, 0.3) is 0 Å². The van der Waals surface area contributed by atoms with E-state index in [4.69, 9.17) is 0 Å². The molecule has 0 amide bonds. The number of sulfone groups is 1. The largest absolute Gasteiger partial charge is 0.236 e. The van der Waals surface area contributed by atoms with Gasteiger partial charge in [-0.3, -0.25) is 0 Å². The third-order valence-corrected chi connectivity index (χ3v) is 8.23. The van der Waals surface area contributed by atoms with Crippen LogP contribution in [0.3, 0.4) is 0 Å². The summed E-state index contributed by atoms with van der Waals surface area (Å²) in [6, 6.07) is 0. The van der Waals surface area contributed by atoms with E-state index in [1.54, 1.807) is 0 Å². The fourth-order valence-corrected chi connectivity index (χ4v) is 6.79. The minimum Gasteiger partial charge on any atom is -0.229 e. The van der Waals surface area contributed by atoms with Crippen molar-refractivity contribution < 1.29 is 21.6 Å². The number of hydrogen-bond donors (Lipinski definition) is 0. The monoisotopic (exact) mass is 336 g/mol. The van der Waals surface area contributed by atoms with Gasteiger partial charge in [0.1, 0.15) is 16.0 Å². The second-order valence-electron chi connectivity index (χ2n) is 5.56. The Hall–Kier alpha value is -0.760. The molecule has 2 aliphatic rings. The van der Waals surface area contributed by atoms with Crippen molar-refractivity contribution in [2.75, 3.05) is 18.1 Å². The summed E-state index contributed by atoms with van der Waals surface area (Å²) in [6.07, 6.45) is 3.98. The van der Waals surface area contributed by atoms with Gasteiger partial charge in [-0.1, -0.05) is 6.42 Å². The predicted molar refractivity (Wildman–Crippen MR) is 77.7 cm³/mol. The summed E-state index contributed by atoms with van der Waals surface area (Å²) in [6.45, 7) is 0.335. The second-order valence-corrected chi connectivity index (χ2v) is 10.0. The Morgan fingerprint density at radius 2 is 1.71 bits per heavy atom. The molecule has 120 valence electrons. The van der Waals surface area contributed by atoms with Gasteiger partial charge in [-0.25, -0.2) is 21.6 Å². The minimum absolute atomic E-state index is 0.0909. The summed E-state index contributed by atoms with van der Waals surface area (Å²) < 4.78 is 49.6. The van der Waals surface area contributed by atoms with E-state index in [0.29, 0.717) is 13.0 Å². The zero-order chi connectivity index (χ0) is 15.5. The van der Waals surface area contributed by atoms with Gasteiger partial charge in [0, 0.05) is 6.54 Å². The summed E-state index contributed by atoms with van der Waals surface area (Å²) in [5.74, 6) is -0.182. The molecule has 0 bridgehead atoms. The van der Waals surface area contributed by atoms with Crippen molar-refractivity contribution in [1.29, 1.82) is 0 Å². The third-order valence-electron chi connectivity index (χ3n) is 4.12. The molecule has 0 aliphatic carbocycles. The quantitative estimate of drug-likeness (QED) is 0.549. The molecular weight excluding hydrogens is 316 g/mol. The van der Waals surface area contributed by atoms with E-state index >= 15 is 0 Å². The fourth-order valence-electron chi connectivity index (χ4n) is 2.91. The van der Waals surface area contributed by atoms with Crippen LogP contribution in [0, 0.1) is 0 Å². The fraction of sp³-hybridized carbons (Fsp3) is 0.917. The molecule has 2 rings (SSSR count).